The summed E-state index contributed by atoms with van der Waals surface area (Å²) in [5, 5.41) is 10.7. The summed E-state index contributed by atoms with van der Waals surface area (Å²) < 4.78 is 5.95. The van der Waals surface area contributed by atoms with Crippen molar-refractivity contribution in [1.82, 2.24) is 4.90 Å². The third-order valence-corrected chi connectivity index (χ3v) is 8.39. The van der Waals surface area contributed by atoms with Crippen molar-refractivity contribution in [2.24, 2.45) is 17.3 Å². The number of esters is 1. The molecule has 3 aliphatic carbocycles. The number of aliphatic hydroxyl groups excluding tert-OH is 1. The molecule has 3 saturated carbocycles. The first-order chi connectivity index (χ1) is 13.9. The van der Waals surface area contributed by atoms with Crippen LogP contribution in [-0.4, -0.2) is 65.1 Å². The SMILES string of the molecule is C=C1C[C@@H](OC(=O)CSCCN(CC)CC)C2CCCC3(CCC(=O)C23)C[C@H]1O. The van der Waals surface area contributed by atoms with Crippen LogP contribution >= 0.6 is 11.8 Å². The van der Waals surface area contributed by atoms with E-state index in [-0.39, 0.29) is 29.3 Å². The van der Waals surface area contributed by atoms with Crippen molar-refractivity contribution in [2.45, 2.75) is 71.0 Å². The number of thioether (sulfide) groups is 1. The molecule has 3 rings (SSSR count). The first kappa shape index (κ1) is 22.8. The van der Waals surface area contributed by atoms with Gasteiger partial charge < -0.3 is 14.7 Å². The third kappa shape index (κ3) is 5.08. The number of carbonyl (C=O) groups excluding carboxylic acids is 2. The number of hydrogen-bond acceptors (Lipinski definition) is 6. The van der Waals surface area contributed by atoms with Gasteiger partial charge in [-0.3, -0.25) is 9.59 Å². The van der Waals surface area contributed by atoms with Gasteiger partial charge in [0.15, 0.2) is 0 Å². The van der Waals surface area contributed by atoms with E-state index in [0.29, 0.717) is 30.8 Å². The van der Waals surface area contributed by atoms with E-state index in [1.54, 1.807) is 11.8 Å². The molecule has 0 amide bonds. The average Bonchev–Trinajstić information content (AvgIpc) is 3.03. The van der Waals surface area contributed by atoms with E-state index in [1.807, 2.05) is 0 Å². The quantitative estimate of drug-likeness (QED) is 0.366. The second kappa shape index (κ2) is 9.97. The molecule has 0 spiro atoms. The Morgan fingerprint density at radius 3 is 2.83 bits per heavy atom. The van der Waals surface area contributed by atoms with Crippen molar-refractivity contribution in [3.63, 3.8) is 0 Å². The van der Waals surface area contributed by atoms with Gasteiger partial charge in [0.1, 0.15) is 11.9 Å². The van der Waals surface area contributed by atoms with Crippen LogP contribution in [0.15, 0.2) is 12.2 Å². The van der Waals surface area contributed by atoms with Gasteiger partial charge in [0, 0.05) is 37.0 Å². The molecule has 0 aliphatic heterocycles. The second-order valence-corrected chi connectivity index (χ2v) is 10.2. The molecule has 3 aliphatic rings. The summed E-state index contributed by atoms with van der Waals surface area (Å²) in [5.74, 6) is 1.36. The molecular weight excluding hydrogens is 386 g/mol. The smallest absolute Gasteiger partial charge is 0.316 e. The van der Waals surface area contributed by atoms with Gasteiger partial charge in [0.05, 0.1) is 11.9 Å². The summed E-state index contributed by atoms with van der Waals surface area (Å²) in [4.78, 5) is 27.7. The summed E-state index contributed by atoms with van der Waals surface area (Å²) in [5.41, 5.74) is 0.632. The molecule has 2 bridgehead atoms. The molecule has 29 heavy (non-hydrogen) atoms. The molecule has 0 aromatic rings. The van der Waals surface area contributed by atoms with Gasteiger partial charge in [-0.15, -0.1) is 11.8 Å². The Labute approximate surface area is 179 Å². The van der Waals surface area contributed by atoms with Gasteiger partial charge >= 0.3 is 5.97 Å². The van der Waals surface area contributed by atoms with Crippen molar-refractivity contribution in [3.8, 4) is 0 Å². The van der Waals surface area contributed by atoms with Crippen LogP contribution in [0, 0.1) is 17.3 Å². The standard InChI is InChI=1S/C23H37NO4S/c1-4-24(5-2)11-12-29-15-21(27)28-20-13-16(3)19(26)14-23-9-6-7-17(20)22(23)18(25)8-10-23/h17,19-20,22,26H,3-15H2,1-2H3/t17?,19-,20-,22?,23?/m1/s1. The molecule has 1 N–H and O–H groups in total. The van der Waals surface area contributed by atoms with Gasteiger partial charge in [-0.1, -0.05) is 26.8 Å². The lowest BCUT2D eigenvalue weighted by atomic mass is 9.57. The first-order valence-corrected chi connectivity index (χ1v) is 12.4. The van der Waals surface area contributed by atoms with Crippen LogP contribution in [0.2, 0.25) is 0 Å². The van der Waals surface area contributed by atoms with Crippen molar-refractivity contribution in [3.05, 3.63) is 12.2 Å². The Balaban J connectivity index is 1.63. The average molecular weight is 424 g/mol. The predicted molar refractivity (Wildman–Crippen MR) is 117 cm³/mol. The maximum absolute atomic E-state index is 12.8. The molecule has 0 aromatic carbocycles. The van der Waals surface area contributed by atoms with Gasteiger partial charge in [-0.2, -0.15) is 0 Å². The predicted octanol–water partition coefficient (Wildman–Crippen LogP) is 3.45. The van der Waals surface area contributed by atoms with Gasteiger partial charge in [0.25, 0.3) is 0 Å². The fraction of sp³-hybridized carbons (Fsp3) is 0.826. The summed E-state index contributed by atoms with van der Waals surface area (Å²) in [6.07, 6.45) is 4.59. The zero-order chi connectivity index (χ0) is 21.0. The van der Waals surface area contributed by atoms with Gasteiger partial charge in [-0.05, 0) is 49.8 Å². The van der Waals surface area contributed by atoms with Crippen molar-refractivity contribution in [1.29, 1.82) is 0 Å². The maximum Gasteiger partial charge on any atom is 0.316 e. The Bertz CT molecular complexity index is 620. The first-order valence-electron chi connectivity index (χ1n) is 11.3. The summed E-state index contributed by atoms with van der Waals surface area (Å²) in [6.45, 7) is 11.4. The molecule has 0 heterocycles. The number of aliphatic hydroxyl groups is 1. The van der Waals surface area contributed by atoms with Crippen LogP contribution in [0.5, 0.6) is 0 Å². The van der Waals surface area contributed by atoms with Crippen LogP contribution in [0.1, 0.15) is 58.8 Å². The van der Waals surface area contributed by atoms with E-state index in [0.717, 1.165) is 56.6 Å². The number of ether oxygens (including phenoxy) is 1. The van der Waals surface area contributed by atoms with Crippen LogP contribution in [0.25, 0.3) is 0 Å². The minimum atomic E-state index is -0.605. The van der Waals surface area contributed by atoms with Crippen LogP contribution in [0.4, 0.5) is 0 Å². The highest BCUT2D eigenvalue weighted by atomic mass is 32.2. The van der Waals surface area contributed by atoms with Gasteiger partial charge in [-0.25, -0.2) is 0 Å². The largest absolute Gasteiger partial charge is 0.461 e. The highest BCUT2D eigenvalue weighted by molar-refractivity contribution is 7.99. The number of hydrogen-bond donors (Lipinski definition) is 1. The molecule has 0 aromatic heterocycles. The topological polar surface area (TPSA) is 66.8 Å². The van der Waals surface area contributed by atoms with E-state index < -0.39 is 6.10 Å². The minimum absolute atomic E-state index is 0.0629. The van der Waals surface area contributed by atoms with Crippen LogP contribution in [0.3, 0.4) is 0 Å². The van der Waals surface area contributed by atoms with Crippen molar-refractivity contribution >= 4 is 23.5 Å². The Kier molecular flexibility index (Phi) is 7.85. The number of nitrogens with zero attached hydrogens (tertiary/aromatic N) is 1. The fourth-order valence-electron chi connectivity index (χ4n) is 5.88. The zero-order valence-electron chi connectivity index (χ0n) is 18.0. The van der Waals surface area contributed by atoms with Crippen molar-refractivity contribution < 1.29 is 19.4 Å². The van der Waals surface area contributed by atoms with E-state index in [2.05, 4.69) is 25.3 Å². The molecule has 164 valence electrons. The van der Waals surface area contributed by atoms with E-state index in [4.69, 9.17) is 4.74 Å². The summed E-state index contributed by atoms with van der Waals surface area (Å²) in [7, 11) is 0. The molecule has 5 nitrogen and oxygen atoms in total. The molecule has 0 saturated heterocycles. The van der Waals surface area contributed by atoms with Crippen LogP contribution in [-0.2, 0) is 14.3 Å². The number of rotatable bonds is 8. The highest BCUT2D eigenvalue weighted by Gasteiger charge is 2.57. The summed E-state index contributed by atoms with van der Waals surface area (Å²) in [6, 6.07) is 0. The molecule has 3 unspecified atom stereocenters. The monoisotopic (exact) mass is 423 g/mol. The normalized spacial score (nSPS) is 34.6. The lowest BCUT2D eigenvalue weighted by molar-refractivity contribution is -0.156. The Morgan fingerprint density at radius 1 is 1.34 bits per heavy atom. The highest BCUT2D eigenvalue weighted by Crippen LogP contribution is 2.58. The minimum Gasteiger partial charge on any atom is -0.461 e. The lowest BCUT2D eigenvalue weighted by Gasteiger charge is -2.48. The lowest BCUT2D eigenvalue weighted by Crippen LogP contribution is -2.48. The maximum atomic E-state index is 12.8. The molecule has 3 fully saturated rings. The van der Waals surface area contributed by atoms with Crippen LogP contribution < -0.4 is 0 Å². The van der Waals surface area contributed by atoms with E-state index >= 15 is 0 Å². The van der Waals surface area contributed by atoms with Gasteiger partial charge in [0.2, 0.25) is 0 Å². The van der Waals surface area contributed by atoms with E-state index in [9.17, 15) is 14.7 Å². The molecule has 6 heteroatoms. The van der Waals surface area contributed by atoms with E-state index in [1.165, 1.54) is 0 Å². The summed E-state index contributed by atoms with van der Waals surface area (Å²) >= 11 is 1.61. The fourth-order valence-corrected chi connectivity index (χ4v) is 6.65. The second-order valence-electron chi connectivity index (χ2n) is 9.05. The third-order valence-electron chi connectivity index (χ3n) is 7.48. The van der Waals surface area contributed by atoms with Crippen molar-refractivity contribution in [2.75, 3.05) is 31.1 Å². The number of ketones is 1. The molecule has 5 atom stereocenters. The molecular formula is C23H37NO4S. The number of carbonyl (C=O) groups is 2. The number of Topliss-reactive ketones (excluding diaryl/α,β-unsaturated/α-hetero) is 1. The molecule has 0 radical (unpaired) electrons. The zero-order valence-corrected chi connectivity index (χ0v) is 18.8. The Morgan fingerprint density at radius 2 is 2.10 bits per heavy atom. The Hall–Kier alpha value is -0.850.